The largest absolute Gasteiger partial charge is 0.395 e. The molecule has 1 rings (SSSR count). The molecule has 0 heterocycles. The van der Waals surface area contributed by atoms with Crippen LogP contribution in [-0.4, -0.2) is 92.3 Å². The lowest BCUT2D eigenvalue weighted by atomic mass is 10.1. The van der Waals surface area contributed by atoms with E-state index in [4.69, 9.17) is 10.2 Å². The highest BCUT2D eigenvalue weighted by Crippen LogP contribution is 2.16. The zero-order chi connectivity index (χ0) is 29.0. The Balaban J connectivity index is 0. The third-order valence-corrected chi connectivity index (χ3v) is 7.09. The summed E-state index contributed by atoms with van der Waals surface area (Å²) in [7, 11) is 4.62. The summed E-state index contributed by atoms with van der Waals surface area (Å²) >= 11 is 0. The lowest BCUT2D eigenvalue weighted by Crippen LogP contribution is -2.50. The molecule has 0 aromatic heterocycles. The van der Waals surface area contributed by atoms with Crippen molar-refractivity contribution in [3.63, 3.8) is 0 Å². The highest BCUT2D eigenvalue weighted by atomic mass is 16.3. The van der Waals surface area contributed by atoms with Crippen LogP contribution in [-0.2, 0) is 6.54 Å². The number of hydrogen-bond donors (Lipinski definition) is 3. The summed E-state index contributed by atoms with van der Waals surface area (Å²) in [4.78, 5) is 0. The third kappa shape index (κ3) is 24.1. The number of nitrogens with zero attached hydrogens (tertiary/aromatic N) is 2. The van der Waals surface area contributed by atoms with Crippen molar-refractivity contribution in [2.75, 3.05) is 73.1 Å². The Kier molecular flexibility index (Phi) is 28.4. The summed E-state index contributed by atoms with van der Waals surface area (Å²) in [6.07, 6.45) is 13.7. The monoisotopic (exact) mass is 540 g/mol. The third-order valence-electron chi connectivity index (χ3n) is 7.09. The fourth-order valence-electron chi connectivity index (χ4n) is 4.67. The van der Waals surface area contributed by atoms with Crippen molar-refractivity contribution >= 4 is 0 Å². The van der Waals surface area contributed by atoms with Gasteiger partial charge in [-0.15, -0.1) is 0 Å². The number of aliphatic hydroxyl groups excluding tert-OH is 2. The Bertz CT molecular complexity index is 539. The minimum Gasteiger partial charge on any atom is -0.395 e. The van der Waals surface area contributed by atoms with E-state index in [2.05, 4.69) is 84.4 Å². The lowest BCUT2D eigenvalue weighted by molar-refractivity contribution is -0.929. The van der Waals surface area contributed by atoms with Crippen molar-refractivity contribution in [3.05, 3.63) is 35.9 Å². The van der Waals surface area contributed by atoms with Gasteiger partial charge in [-0.25, -0.2) is 0 Å². The van der Waals surface area contributed by atoms with Crippen LogP contribution in [0.15, 0.2) is 30.3 Å². The van der Waals surface area contributed by atoms with E-state index in [9.17, 15) is 0 Å². The zero-order valence-corrected chi connectivity index (χ0v) is 26.8. The van der Waals surface area contributed by atoms with Gasteiger partial charge in [0, 0.05) is 18.7 Å². The van der Waals surface area contributed by atoms with Crippen molar-refractivity contribution in [1.29, 1.82) is 0 Å². The molecule has 0 amide bonds. The van der Waals surface area contributed by atoms with Gasteiger partial charge in [-0.05, 0) is 32.1 Å². The molecule has 5 heteroatoms. The van der Waals surface area contributed by atoms with Gasteiger partial charge in [-0.3, -0.25) is 0 Å². The van der Waals surface area contributed by atoms with Gasteiger partial charge < -0.3 is 24.5 Å². The fraction of sp³-hybridized carbons (Fsp3) is 0.818. The first kappa shape index (κ1) is 39.2. The fourth-order valence-corrected chi connectivity index (χ4v) is 4.67. The van der Waals surface area contributed by atoms with Gasteiger partial charge in [0.25, 0.3) is 0 Å². The molecule has 0 aliphatic heterocycles. The van der Waals surface area contributed by atoms with Crippen molar-refractivity contribution in [3.8, 4) is 0 Å². The van der Waals surface area contributed by atoms with Gasteiger partial charge in [0.05, 0.1) is 60.0 Å². The molecule has 1 aromatic carbocycles. The number of benzene rings is 1. The van der Waals surface area contributed by atoms with Crippen LogP contribution in [0.1, 0.15) is 104 Å². The van der Waals surface area contributed by atoms with Gasteiger partial charge in [0.1, 0.15) is 6.54 Å². The summed E-state index contributed by atoms with van der Waals surface area (Å²) in [5, 5.41) is 19.1. The zero-order valence-electron chi connectivity index (χ0n) is 26.8. The number of unbranched alkanes of at least 4 members (excludes halogenated alkanes) is 5. The number of hydrogen-bond acceptors (Lipinski definition) is 3. The van der Waals surface area contributed by atoms with Gasteiger partial charge in [-0.2, -0.15) is 0 Å². The van der Waals surface area contributed by atoms with E-state index in [1.807, 2.05) is 0 Å². The van der Waals surface area contributed by atoms with E-state index >= 15 is 0 Å². The van der Waals surface area contributed by atoms with Crippen LogP contribution >= 0.6 is 0 Å². The van der Waals surface area contributed by atoms with Gasteiger partial charge >= 0.3 is 0 Å². The second kappa shape index (κ2) is 27.6. The average Bonchev–Trinajstić information content (AvgIpc) is 2.92. The molecule has 0 saturated heterocycles. The molecule has 38 heavy (non-hydrogen) atoms. The maximum Gasteiger partial charge on any atom is 0.104 e. The molecule has 5 nitrogen and oxygen atoms in total. The Morgan fingerprint density at radius 3 is 1.29 bits per heavy atom. The quantitative estimate of drug-likeness (QED) is 0.121. The summed E-state index contributed by atoms with van der Waals surface area (Å²) in [5.41, 5.74) is 1.44. The average molecular weight is 540 g/mol. The maximum absolute atomic E-state index is 8.15. The summed E-state index contributed by atoms with van der Waals surface area (Å²) in [5.74, 6) is 0. The molecule has 3 N–H and O–H groups in total. The number of aliphatic hydroxyl groups is 2. The van der Waals surface area contributed by atoms with Crippen LogP contribution in [0.4, 0.5) is 0 Å². The first-order chi connectivity index (χ1) is 18.3. The van der Waals surface area contributed by atoms with Crippen LogP contribution in [0, 0.1) is 0 Å². The Morgan fingerprint density at radius 1 is 0.579 bits per heavy atom. The highest BCUT2D eigenvalue weighted by molar-refractivity contribution is 5.13. The maximum atomic E-state index is 8.15. The van der Waals surface area contributed by atoms with Gasteiger partial charge in [-0.1, -0.05) is 97.1 Å². The molecule has 1 aromatic rings. The molecule has 0 fully saturated rings. The molecular weight excluding hydrogens is 470 g/mol. The van der Waals surface area contributed by atoms with Crippen molar-refractivity contribution in [1.82, 2.24) is 5.32 Å². The number of quaternary nitrogens is 2. The summed E-state index contributed by atoms with van der Waals surface area (Å²) < 4.78 is 2.52. The highest BCUT2D eigenvalue weighted by Gasteiger charge is 2.24. The molecule has 0 spiro atoms. The van der Waals surface area contributed by atoms with E-state index in [1.54, 1.807) is 0 Å². The van der Waals surface area contributed by atoms with Crippen LogP contribution in [0.25, 0.3) is 0 Å². The standard InChI is InChI=1S/C16H36N.C13H22N.C4H11NO2/c1-5-9-13-17(14-10-6-2,15-11-7-3)16-12-8-4;1-4-5-11-14(2,3)12-13-9-7-6-8-10-13;6-3-1-5-2-4-7/h5-16H2,1-4H3;6-10H,4-5,11-12H2,1-3H3;5-7H,1-4H2/q2*+1;. The lowest BCUT2D eigenvalue weighted by Gasteiger charge is -2.39. The minimum absolute atomic E-state index is 0.139. The molecule has 226 valence electrons. The molecule has 0 radical (unpaired) electrons. The number of nitrogens with one attached hydrogen (secondary N) is 1. The predicted octanol–water partition coefficient (Wildman–Crippen LogP) is 6.63. The molecule has 0 bridgehead atoms. The van der Waals surface area contributed by atoms with Gasteiger partial charge in [0.2, 0.25) is 0 Å². The second-order valence-corrected chi connectivity index (χ2v) is 11.5. The van der Waals surface area contributed by atoms with Crippen LogP contribution < -0.4 is 5.32 Å². The Labute approximate surface area is 238 Å². The SMILES string of the molecule is CCCC[N+](C)(C)Cc1ccccc1.CCCC[N+](CCCC)(CCCC)CCCC.OCCNCCO. The van der Waals surface area contributed by atoms with Crippen molar-refractivity contribution in [2.24, 2.45) is 0 Å². The summed E-state index contributed by atoms with van der Waals surface area (Å²) in [6.45, 7) is 21.1. The molecule has 0 unspecified atom stereocenters. The van der Waals surface area contributed by atoms with Crippen molar-refractivity contribution < 1.29 is 19.2 Å². The normalized spacial score (nSPS) is 11.4. The Hall–Kier alpha value is -0.980. The van der Waals surface area contributed by atoms with Gasteiger partial charge in [0.15, 0.2) is 0 Å². The number of rotatable bonds is 21. The van der Waals surface area contributed by atoms with E-state index in [0.717, 1.165) is 11.0 Å². The first-order valence-corrected chi connectivity index (χ1v) is 15.9. The summed E-state index contributed by atoms with van der Waals surface area (Å²) in [6, 6.07) is 10.7. The molecule has 0 aliphatic carbocycles. The van der Waals surface area contributed by atoms with Crippen molar-refractivity contribution in [2.45, 2.75) is 105 Å². The van der Waals surface area contributed by atoms with E-state index in [0.29, 0.717) is 13.1 Å². The molecule has 0 saturated carbocycles. The van der Waals surface area contributed by atoms with E-state index < -0.39 is 0 Å². The molecule has 0 aliphatic rings. The molecular formula is C33H69N3O2+2. The van der Waals surface area contributed by atoms with Crippen LogP contribution in [0.3, 0.4) is 0 Å². The smallest absolute Gasteiger partial charge is 0.104 e. The van der Waals surface area contributed by atoms with E-state index in [1.165, 1.54) is 107 Å². The minimum atomic E-state index is 0.139. The van der Waals surface area contributed by atoms with E-state index in [-0.39, 0.29) is 13.2 Å². The van der Waals surface area contributed by atoms with Crippen LogP contribution in [0.5, 0.6) is 0 Å². The van der Waals surface area contributed by atoms with Crippen LogP contribution in [0.2, 0.25) is 0 Å². The molecule has 0 atom stereocenters. The topological polar surface area (TPSA) is 52.5 Å². The first-order valence-electron chi connectivity index (χ1n) is 15.9. The second-order valence-electron chi connectivity index (χ2n) is 11.5. The Morgan fingerprint density at radius 2 is 0.947 bits per heavy atom. The predicted molar refractivity (Wildman–Crippen MR) is 168 cm³/mol.